The van der Waals surface area contributed by atoms with Gasteiger partial charge in [0, 0.05) is 10.7 Å². The van der Waals surface area contributed by atoms with Crippen molar-refractivity contribution in [1.82, 2.24) is 0 Å². The van der Waals surface area contributed by atoms with Gasteiger partial charge in [-0.2, -0.15) is 0 Å². The first-order chi connectivity index (χ1) is 13.6. The van der Waals surface area contributed by atoms with Crippen LogP contribution in [0.3, 0.4) is 0 Å². The molecule has 1 atom stereocenters. The van der Waals surface area contributed by atoms with E-state index in [0.717, 1.165) is 17.0 Å². The first-order valence-corrected chi connectivity index (χ1v) is 9.15. The van der Waals surface area contributed by atoms with Crippen LogP contribution in [0.4, 0.5) is 10.5 Å². The Morgan fingerprint density at radius 2 is 1.68 bits per heavy atom. The molecule has 1 fully saturated rings. The number of anilines is 1. The molecule has 0 spiro atoms. The standard InChI is InChI=1S/C22H18ClNO4/c1-26-18-9-11-19(12-10-18)28-20-4-2-3-15(13-20)21-14-27-22(25)24(21)17-7-5-16(23)6-8-17/h2-13,21H,14H2,1H3. The van der Waals surface area contributed by atoms with Crippen molar-refractivity contribution in [3.05, 3.63) is 83.4 Å². The summed E-state index contributed by atoms with van der Waals surface area (Å²) in [6.07, 6.45) is -0.381. The number of carbonyl (C=O) groups is 1. The topological polar surface area (TPSA) is 48.0 Å². The fraction of sp³-hybridized carbons (Fsp3) is 0.136. The molecule has 1 amide bonds. The highest BCUT2D eigenvalue weighted by Gasteiger charge is 2.35. The first-order valence-electron chi connectivity index (χ1n) is 8.77. The van der Waals surface area contributed by atoms with Crippen molar-refractivity contribution in [1.29, 1.82) is 0 Å². The number of cyclic esters (lactones) is 1. The van der Waals surface area contributed by atoms with Crippen LogP contribution in [0.1, 0.15) is 11.6 Å². The number of hydrogen-bond acceptors (Lipinski definition) is 4. The maximum Gasteiger partial charge on any atom is 0.415 e. The fourth-order valence-corrected chi connectivity index (χ4v) is 3.25. The minimum atomic E-state index is -0.381. The molecule has 0 bridgehead atoms. The highest BCUT2D eigenvalue weighted by molar-refractivity contribution is 6.30. The molecule has 1 aliphatic heterocycles. The lowest BCUT2D eigenvalue weighted by atomic mass is 10.1. The van der Waals surface area contributed by atoms with Crippen LogP contribution in [0.15, 0.2) is 72.8 Å². The normalized spacial score (nSPS) is 16.0. The summed E-state index contributed by atoms with van der Waals surface area (Å²) in [6, 6.07) is 21.9. The predicted octanol–water partition coefficient (Wildman–Crippen LogP) is 5.84. The second kappa shape index (κ2) is 7.82. The van der Waals surface area contributed by atoms with Gasteiger partial charge in [0.2, 0.25) is 0 Å². The molecule has 28 heavy (non-hydrogen) atoms. The highest BCUT2D eigenvalue weighted by atomic mass is 35.5. The Balaban J connectivity index is 1.58. The van der Waals surface area contributed by atoms with Gasteiger partial charge in [-0.3, -0.25) is 4.90 Å². The van der Waals surface area contributed by atoms with E-state index in [1.807, 2.05) is 48.5 Å². The van der Waals surface area contributed by atoms with Crippen molar-refractivity contribution in [2.75, 3.05) is 18.6 Å². The summed E-state index contributed by atoms with van der Waals surface area (Å²) in [5, 5.41) is 0.614. The molecule has 6 heteroatoms. The lowest BCUT2D eigenvalue weighted by Crippen LogP contribution is -2.27. The number of ether oxygens (including phenoxy) is 3. The molecule has 4 rings (SSSR count). The third kappa shape index (κ3) is 3.75. The van der Waals surface area contributed by atoms with E-state index in [1.54, 1.807) is 36.3 Å². The molecule has 1 aliphatic rings. The third-order valence-electron chi connectivity index (χ3n) is 4.52. The van der Waals surface area contributed by atoms with Crippen LogP contribution in [0, 0.1) is 0 Å². The number of benzene rings is 3. The summed E-state index contributed by atoms with van der Waals surface area (Å²) in [5.41, 5.74) is 1.66. The van der Waals surface area contributed by atoms with E-state index in [1.165, 1.54) is 0 Å². The van der Waals surface area contributed by atoms with Crippen LogP contribution in [-0.4, -0.2) is 19.8 Å². The number of carbonyl (C=O) groups excluding carboxylic acids is 1. The second-order valence-corrected chi connectivity index (χ2v) is 6.73. The average Bonchev–Trinajstić information content (AvgIpc) is 3.11. The zero-order chi connectivity index (χ0) is 19.5. The van der Waals surface area contributed by atoms with Crippen LogP contribution in [0.2, 0.25) is 5.02 Å². The highest BCUT2D eigenvalue weighted by Crippen LogP contribution is 2.35. The summed E-state index contributed by atoms with van der Waals surface area (Å²) in [6.45, 7) is 0.271. The van der Waals surface area contributed by atoms with Crippen LogP contribution in [0.5, 0.6) is 17.2 Å². The Morgan fingerprint density at radius 3 is 2.39 bits per heavy atom. The van der Waals surface area contributed by atoms with Gasteiger partial charge in [-0.1, -0.05) is 23.7 Å². The lowest BCUT2D eigenvalue weighted by Gasteiger charge is -2.22. The summed E-state index contributed by atoms with van der Waals surface area (Å²) in [4.78, 5) is 13.9. The second-order valence-electron chi connectivity index (χ2n) is 6.29. The molecule has 5 nitrogen and oxygen atoms in total. The number of nitrogens with zero attached hydrogens (tertiary/aromatic N) is 1. The maximum atomic E-state index is 12.3. The molecule has 3 aromatic carbocycles. The Kier molecular flexibility index (Phi) is 5.08. The Hall–Kier alpha value is -3.18. The van der Waals surface area contributed by atoms with Gasteiger partial charge in [0.25, 0.3) is 0 Å². The van der Waals surface area contributed by atoms with Crippen molar-refractivity contribution in [2.45, 2.75) is 6.04 Å². The minimum Gasteiger partial charge on any atom is -0.497 e. The van der Waals surface area contributed by atoms with Gasteiger partial charge in [-0.25, -0.2) is 4.79 Å². The molecule has 1 heterocycles. The van der Waals surface area contributed by atoms with Gasteiger partial charge in [0.05, 0.1) is 13.2 Å². The summed E-state index contributed by atoms with van der Waals surface area (Å²) in [7, 11) is 1.62. The largest absolute Gasteiger partial charge is 0.497 e. The monoisotopic (exact) mass is 395 g/mol. The van der Waals surface area contributed by atoms with Gasteiger partial charge < -0.3 is 14.2 Å². The van der Waals surface area contributed by atoms with Gasteiger partial charge in [-0.15, -0.1) is 0 Å². The van der Waals surface area contributed by atoms with E-state index in [2.05, 4.69) is 0 Å². The van der Waals surface area contributed by atoms with Crippen molar-refractivity contribution in [2.24, 2.45) is 0 Å². The lowest BCUT2D eigenvalue weighted by molar-refractivity contribution is 0.179. The summed E-state index contributed by atoms with van der Waals surface area (Å²) < 4.78 is 16.4. The van der Waals surface area contributed by atoms with Gasteiger partial charge in [-0.05, 0) is 66.2 Å². The molecule has 0 saturated carbocycles. The van der Waals surface area contributed by atoms with Crippen LogP contribution in [0.25, 0.3) is 0 Å². The average molecular weight is 396 g/mol. The smallest absolute Gasteiger partial charge is 0.415 e. The minimum absolute atomic E-state index is 0.243. The van der Waals surface area contributed by atoms with Crippen LogP contribution in [-0.2, 0) is 4.74 Å². The van der Waals surface area contributed by atoms with Gasteiger partial charge >= 0.3 is 6.09 Å². The Bertz CT molecular complexity index is 973. The quantitative estimate of drug-likeness (QED) is 0.544. The zero-order valence-electron chi connectivity index (χ0n) is 15.2. The zero-order valence-corrected chi connectivity index (χ0v) is 15.9. The van der Waals surface area contributed by atoms with E-state index < -0.39 is 0 Å². The van der Waals surface area contributed by atoms with Gasteiger partial charge in [0.15, 0.2) is 0 Å². The van der Waals surface area contributed by atoms with Crippen molar-refractivity contribution in [3.8, 4) is 17.2 Å². The van der Waals surface area contributed by atoms with Gasteiger partial charge in [0.1, 0.15) is 23.9 Å². The number of hydrogen-bond donors (Lipinski definition) is 0. The van der Waals surface area contributed by atoms with E-state index in [4.69, 9.17) is 25.8 Å². The molecule has 0 radical (unpaired) electrons. The molecule has 1 unspecified atom stereocenters. The Morgan fingerprint density at radius 1 is 0.964 bits per heavy atom. The van der Waals surface area contributed by atoms with Crippen molar-refractivity contribution in [3.63, 3.8) is 0 Å². The molecular formula is C22H18ClNO4. The van der Waals surface area contributed by atoms with Crippen LogP contribution < -0.4 is 14.4 Å². The van der Waals surface area contributed by atoms with Crippen LogP contribution >= 0.6 is 11.6 Å². The number of halogens is 1. The Labute approximate surface area is 168 Å². The molecule has 142 valence electrons. The molecule has 0 N–H and O–H groups in total. The number of methoxy groups -OCH3 is 1. The first kappa shape index (κ1) is 18.2. The molecular weight excluding hydrogens is 378 g/mol. The predicted molar refractivity (Wildman–Crippen MR) is 108 cm³/mol. The number of rotatable bonds is 5. The maximum absolute atomic E-state index is 12.3. The van der Waals surface area contributed by atoms with E-state index >= 15 is 0 Å². The molecule has 0 aromatic heterocycles. The molecule has 1 saturated heterocycles. The van der Waals surface area contributed by atoms with E-state index in [-0.39, 0.29) is 18.7 Å². The third-order valence-corrected chi connectivity index (χ3v) is 4.77. The van der Waals surface area contributed by atoms with Crippen molar-refractivity contribution < 1.29 is 19.0 Å². The van der Waals surface area contributed by atoms with Crippen molar-refractivity contribution >= 4 is 23.4 Å². The fourth-order valence-electron chi connectivity index (χ4n) is 3.12. The number of amides is 1. The molecule has 3 aromatic rings. The molecule has 0 aliphatic carbocycles. The van der Waals surface area contributed by atoms with E-state index in [9.17, 15) is 4.79 Å². The summed E-state index contributed by atoms with van der Waals surface area (Å²) in [5.74, 6) is 2.14. The SMILES string of the molecule is COc1ccc(Oc2cccc(C3COC(=O)N3c3ccc(Cl)cc3)c2)cc1. The summed E-state index contributed by atoms with van der Waals surface area (Å²) >= 11 is 5.97. The van der Waals surface area contributed by atoms with E-state index in [0.29, 0.717) is 16.5 Å².